The van der Waals surface area contributed by atoms with Gasteiger partial charge in [-0.2, -0.15) is 0 Å². The molecule has 54 heavy (non-hydrogen) atoms. The van der Waals surface area contributed by atoms with Gasteiger partial charge in [-0.15, -0.1) is 0 Å². The maximum atomic E-state index is 14.0. The van der Waals surface area contributed by atoms with E-state index in [-0.39, 0.29) is 23.9 Å². The van der Waals surface area contributed by atoms with Crippen LogP contribution in [0.15, 0.2) is 102 Å². The van der Waals surface area contributed by atoms with Crippen molar-refractivity contribution >= 4 is 14.3 Å². The Kier molecular flexibility index (Phi) is 12.3. The maximum Gasteiger partial charge on any atom is 0.312 e. The maximum absolute atomic E-state index is 14.0. The monoisotopic (exact) mass is 757 g/mol. The van der Waals surface area contributed by atoms with Crippen molar-refractivity contribution in [1.82, 2.24) is 4.57 Å². The highest BCUT2D eigenvalue weighted by Gasteiger charge is 2.52. The lowest BCUT2D eigenvalue weighted by Crippen LogP contribution is -2.49. The molecular formula is C43H55NO9Si. The van der Waals surface area contributed by atoms with Crippen molar-refractivity contribution in [1.29, 1.82) is 0 Å². The molecule has 4 atom stereocenters. The molecule has 1 aromatic heterocycles. The summed E-state index contributed by atoms with van der Waals surface area (Å²) in [5.41, 5.74) is 0.497. The van der Waals surface area contributed by atoms with E-state index in [1.54, 1.807) is 53.3 Å². The van der Waals surface area contributed by atoms with Crippen molar-refractivity contribution < 1.29 is 38.0 Å². The summed E-state index contributed by atoms with van der Waals surface area (Å²) in [7, 11) is 0.727. The zero-order valence-electron chi connectivity index (χ0n) is 33.1. The van der Waals surface area contributed by atoms with Gasteiger partial charge < -0.3 is 33.2 Å². The van der Waals surface area contributed by atoms with Crippen LogP contribution in [0.4, 0.5) is 0 Å². The van der Waals surface area contributed by atoms with Crippen LogP contribution in [0.25, 0.3) is 0 Å². The van der Waals surface area contributed by atoms with E-state index in [4.69, 9.17) is 28.1 Å². The van der Waals surface area contributed by atoms with Crippen LogP contribution in [-0.2, 0) is 35.8 Å². The fraction of sp³-hybridized carbons (Fsp3) is 0.442. The fourth-order valence-electron chi connectivity index (χ4n) is 6.27. The molecule has 0 spiro atoms. The van der Waals surface area contributed by atoms with Gasteiger partial charge in [0.1, 0.15) is 41.5 Å². The van der Waals surface area contributed by atoms with E-state index < -0.39 is 55.3 Å². The summed E-state index contributed by atoms with van der Waals surface area (Å²) in [4.78, 5) is 26.6. The van der Waals surface area contributed by atoms with Crippen LogP contribution in [0.3, 0.4) is 0 Å². The number of aliphatic hydroxyl groups excluding tert-OH is 1. The predicted molar refractivity (Wildman–Crippen MR) is 210 cm³/mol. The summed E-state index contributed by atoms with van der Waals surface area (Å²) in [5.74, 6) is 0.958. The largest absolute Gasteiger partial charge is 0.497 e. The minimum Gasteiger partial charge on any atom is -0.497 e. The first-order valence-corrected chi connectivity index (χ1v) is 21.2. The standard InChI is InChI=1S/C43H55NO9Si/c1-41(2,3)40(47)50-28-44-26-14-17-34(39(44)46)37-38(53-54(9,10)42(4,5)6)36(45)35(52-37)27-51-43(29-15-12-11-13-16-29,30-18-22-32(48-7)23-19-30)31-20-24-33(49-8)25-21-31/h11-26,35-38,45H,27-28H2,1-10H3/t35-,36-,37+,38-/m1/s1. The van der Waals surface area contributed by atoms with Crippen molar-refractivity contribution in [3.8, 4) is 11.5 Å². The van der Waals surface area contributed by atoms with Gasteiger partial charge in [-0.25, -0.2) is 0 Å². The van der Waals surface area contributed by atoms with E-state index in [1.165, 1.54) is 4.57 Å². The molecule has 4 aromatic rings. The molecule has 0 radical (unpaired) electrons. The van der Waals surface area contributed by atoms with Crippen molar-refractivity contribution in [3.05, 3.63) is 130 Å². The molecular weight excluding hydrogens is 703 g/mol. The molecule has 1 N–H and O–H groups in total. The number of hydrogen-bond donors (Lipinski definition) is 1. The van der Waals surface area contributed by atoms with Crippen LogP contribution >= 0.6 is 0 Å². The van der Waals surface area contributed by atoms with Crippen molar-refractivity contribution in [2.45, 2.75) is 96.4 Å². The van der Waals surface area contributed by atoms with Crippen LogP contribution in [0.5, 0.6) is 11.5 Å². The summed E-state index contributed by atoms with van der Waals surface area (Å²) in [6.45, 7) is 15.5. The second-order valence-electron chi connectivity index (χ2n) is 16.3. The van der Waals surface area contributed by atoms with E-state index in [0.29, 0.717) is 11.5 Å². The molecule has 2 heterocycles. The van der Waals surface area contributed by atoms with Gasteiger partial charge in [0, 0.05) is 11.8 Å². The van der Waals surface area contributed by atoms with Crippen molar-refractivity contribution in [3.63, 3.8) is 0 Å². The number of aromatic nitrogens is 1. The van der Waals surface area contributed by atoms with Crippen LogP contribution in [-0.4, -0.2) is 63.1 Å². The Morgan fingerprint density at radius 2 is 1.33 bits per heavy atom. The fourth-order valence-corrected chi connectivity index (χ4v) is 7.57. The summed E-state index contributed by atoms with van der Waals surface area (Å²) >= 11 is 0. The van der Waals surface area contributed by atoms with E-state index >= 15 is 0 Å². The van der Waals surface area contributed by atoms with Gasteiger partial charge in [0.05, 0.1) is 26.2 Å². The summed E-state index contributed by atoms with van der Waals surface area (Å²) < 4.78 is 38.5. The Balaban J connectivity index is 1.57. The molecule has 5 rings (SSSR count). The molecule has 0 amide bonds. The van der Waals surface area contributed by atoms with Crippen molar-refractivity contribution in [2.24, 2.45) is 5.41 Å². The number of carbonyl (C=O) groups excluding carboxylic acids is 1. The number of nitrogens with zero attached hydrogens (tertiary/aromatic N) is 1. The summed E-state index contributed by atoms with van der Waals surface area (Å²) in [6, 6.07) is 28.7. The van der Waals surface area contributed by atoms with Crippen molar-refractivity contribution in [2.75, 3.05) is 20.8 Å². The van der Waals surface area contributed by atoms with Gasteiger partial charge in [-0.3, -0.25) is 14.2 Å². The summed E-state index contributed by atoms with van der Waals surface area (Å²) in [6.07, 6.45) is -2.30. The number of hydrogen-bond acceptors (Lipinski definition) is 9. The second-order valence-corrected chi connectivity index (χ2v) is 21.0. The summed E-state index contributed by atoms with van der Waals surface area (Å²) in [5, 5.41) is 12.0. The van der Waals surface area contributed by atoms with E-state index in [1.807, 2.05) is 78.9 Å². The lowest BCUT2D eigenvalue weighted by molar-refractivity contribution is -0.157. The Morgan fingerprint density at radius 3 is 1.83 bits per heavy atom. The number of methoxy groups -OCH3 is 2. The Hall–Kier alpha value is -4.26. The zero-order chi connectivity index (χ0) is 39.5. The lowest BCUT2D eigenvalue weighted by Gasteiger charge is -2.40. The third-order valence-corrected chi connectivity index (χ3v) is 15.0. The zero-order valence-corrected chi connectivity index (χ0v) is 34.1. The number of rotatable bonds is 13. The topological polar surface area (TPSA) is 115 Å². The first kappa shape index (κ1) is 40.9. The second kappa shape index (κ2) is 16.2. The molecule has 0 aliphatic carbocycles. The SMILES string of the molecule is COc1ccc(C(OC[C@H]2O[C@@H](c3cccn(COC(=O)C(C)(C)C)c3=O)[C@H](O[Si](C)(C)C(C)(C)C)[C@@H]2O)(c2ccccc2)c2ccc(OC)cc2)cc1. The molecule has 10 nitrogen and oxygen atoms in total. The van der Waals surface area contributed by atoms with Gasteiger partial charge in [-0.1, -0.05) is 75.4 Å². The first-order chi connectivity index (χ1) is 25.4. The highest BCUT2D eigenvalue weighted by molar-refractivity contribution is 6.74. The molecule has 3 aromatic carbocycles. The average Bonchev–Trinajstić information content (AvgIpc) is 3.44. The third-order valence-electron chi connectivity index (χ3n) is 10.5. The number of pyridine rings is 1. The number of benzene rings is 3. The number of carbonyl (C=O) groups is 1. The Morgan fingerprint density at radius 1 is 0.796 bits per heavy atom. The van der Waals surface area contributed by atoms with Gasteiger partial charge in [0.2, 0.25) is 0 Å². The highest BCUT2D eigenvalue weighted by Crippen LogP contribution is 2.45. The molecule has 1 saturated heterocycles. The van der Waals surface area contributed by atoms with E-state index in [2.05, 4.69) is 33.9 Å². The van der Waals surface area contributed by atoms with Crippen LogP contribution in [0.1, 0.15) is 69.9 Å². The average molecular weight is 758 g/mol. The minimum absolute atomic E-state index is 0.0633. The van der Waals surface area contributed by atoms with E-state index in [0.717, 1.165) is 16.7 Å². The number of aliphatic hydroxyl groups is 1. The van der Waals surface area contributed by atoms with Gasteiger partial charge in [-0.05, 0) is 92.0 Å². The van der Waals surface area contributed by atoms with Crippen LogP contribution in [0, 0.1) is 5.41 Å². The van der Waals surface area contributed by atoms with E-state index in [9.17, 15) is 14.7 Å². The third kappa shape index (κ3) is 8.50. The van der Waals surface area contributed by atoms with Gasteiger partial charge in [0.25, 0.3) is 5.56 Å². The molecule has 11 heteroatoms. The Bertz CT molecular complexity index is 1860. The smallest absolute Gasteiger partial charge is 0.312 e. The number of esters is 1. The Labute approximate surface area is 320 Å². The predicted octanol–water partition coefficient (Wildman–Crippen LogP) is 7.61. The van der Waals surface area contributed by atoms with Gasteiger partial charge in [0.15, 0.2) is 15.0 Å². The molecule has 0 unspecified atom stereocenters. The number of ether oxygens (including phenoxy) is 5. The van der Waals surface area contributed by atoms with Gasteiger partial charge >= 0.3 is 5.97 Å². The molecule has 0 saturated carbocycles. The first-order valence-electron chi connectivity index (χ1n) is 18.3. The van der Waals surface area contributed by atoms with Crippen LogP contribution in [0.2, 0.25) is 18.1 Å². The quantitative estimate of drug-likeness (QED) is 0.0836. The van der Waals surface area contributed by atoms with Crippen LogP contribution < -0.4 is 15.0 Å². The lowest BCUT2D eigenvalue weighted by atomic mass is 9.80. The molecule has 1 aliphatic rings. The highest BCUT2D eigenvalue weighted by atomic mass is 28.4. The molecule has 290 valence electrons. The molecule has 0 bridgehead atoms. The molecule has 1 fully saturated rings. The molecule has 1 aliphatic heterocycles. The normalized spacial score (nSPS) is 19.4. The minimum atomic E-state index is -2.52.